The summed E-state index contributed by atoms with van der Waals surface area (Å²) in [6, 6.07) is 0. The number of ether oxygens (including phenoxy) is 1. The van der Waals surface area contributed by atoms with Gasteiger partial charge in [-0.15, -0.1) is 0 Å². The van der Waals surface area contributed by atoms with Crippen molar-refractivity contribution in [1.82, 2.24) is 0 Å². The quantitative estimate of drug-likeness (QED) is 0.388. The summed E-state index contributed by atoms with van der Waals surface area (Å²) < 4.78 is 4.43. The molecular weight excluding hydrogens is 112 g/mol. The SMILES string of the molecule is C[S+](C)COC=O. The monoisotopic (exact) mass is 121 g/mol. The smallest absolute Gasteiger partial charge is 0.296 e. The first kappa shape index (κ1) is 6.82. The molecule has 0 aromatic heterocycles. The second-order valence-electron chi connectivity index (χ2n) is 1.37. The third kappa shape index (κ3) is 5.82. The van der Waals surface area contributed by atoms with Crippen molar-refractivity contribution >= 4 is 17.4 Å². The fourth-order valence-corrected chi connectivity index (χ4v) is 0.492. The van der Waals surface area contributed by atoms with Gasteiger partial charge in [0.2, 0.25) is 5.94 Å². The third-order valence-electron chi connectivity index (χ3n) is 0.372. The van der Waals surface area contributed by atoms with E-state index in [1.807, 2.05) is 12.5 Å². The summed E-state index contributed by atoms with van der Waals surface area (Å²) in [6.07, 6.45) is 4.03. The molecule has 2 nitrogen and oxygen atoms in total. The van der Waals surface area contributed by atoms with E-state index in [0.717, 1.165) is 0 Å². The van der Waals surface area contributed by atoms with Crippen LogP contribution in [0.1, 0.15) is 0 Å². The van der Waals surface area contributed by atoms with Gasteiger partial charge in [-0.05, 0) is 0 Å². The summed E-state index contributed by atoms with van der Waals surface area (Å²) in [4.78, 5) is 9.49. The number of hydrogen-bond donors (Lipinski definition) is 0. The van der Waals surface area contributed by atoms with Crippen LogP contribution in [0.25, 0.3) is 0 Å². The van der Waals surface area contributed by atoms with Gasteiger partial charge in [0.1, 0.15) is 12.5 Å². The van der Waals surface area contributed by atoms with Crippen LogP contribution in [-0.2, 0) is 20.4 Å². The van der Waals surface area contributed by atoms with Crippen molar-refractivity contribution in [3.8, 4) is 0 Å². The van der Waals surface area contributed by atoms with Crippen LogP contribution < -0.4 is 0 Å². The molecule has 0 aliphatic carbocycles. The molecule has 0 heterocycles. The summed E-state index contributed by atoms with van der Waals surface area (Å²) >= 11 is 0. The van der Waals surface area contributed by atoms with Crippen LogP contribution in [0.5, 0.6) is 0 Å². The summed E-state index contributed by atoms with van der Waals surface area (Å²) in [6.45, 7) is 0.479. The Bertz CT molecular complexity index is 53.7. The second kappa shape index (κ2) is 3.99. The maximum atomic E-state index is 9.49. The van der Waals surface area contributed by atoms with Crippen LogP contribution in [0, 0.1) is 0 Å². The predicted molar refractivity (Wildman–Crippen MR) is 31.2 cm³/mol. The van der Waals surface area contributed by atoms with Gasteiger partial charge in [-0.1, -0.05) is 0 Å². The van der Waals surface area contributed by atoms with Crippen molar-refractivity contribution < 1.29 is 9.53 Å². The summed E-state index contributed by atoms with van der Waals surface area (Å²) in [5.74, 6) is 0.559. The van der Waals surface area contributed by atoms with Crippen molar-refractivity contribution in [2.45, 2.75) is 0 Å². The summed E-state index contributed by atoms with van der Waals surface area (Å²) in [7, 11) is 0.231. The largest absolute Gasteiger partial charge is 0.421 e. The second-order valence-corrected chi connectivity index (χ2v) is 3.57. The molecule has 0 aromatic carbocycles. The fraction of sp³-hybridized carbons (Fsp3) is 0.750. The number of rotatable bonds is 3. The Kier molecular flexibility index (Phi) is 3.89. The Morgan fingerprint density at radius 3 is 2.43 bits per heavy atom. The van der Waals surface area contributed by atoms with E-state index in [1.54, 1.807) is 0 Å². The molecule has 42 valence electrons. The standard InChI is InChI=1S/C4H9O2S/c1-7(2)4-6-3-5/h3H,4H2,1-2H3/q+1. The fourth-order valence-electron chi connectivity index (χ4n) is 0.164. The van der Waals surface area contributed by atoms with Gasteiger partial charge in [0, 0.05) is 10.9 Å². The highest BCUT2D eigenvalue weighted by Gasteiger charge is 1.97. The van der Waals surface area contributed by atoms with Gasteiger partial charge in [0.15, 0.2) is 0 Å². The molecule has 0 radical (unpaired) electrons. The zero-order chi connectivity index (χ0) is 5.70. The highest BCUT2D eigenvalue weighted by atomic mass is 32.2. The first-order valence-electron chi connectivity index (χ1n) is 1.87. The zero-order valence-electron chi connectivity index (χ0n) is 4.51. The van der Waals surface area contributed by atoms with Crippen LogP contribution in [-0.4, -0.2) is 24.9 Å². The van der Waals surface area contributed by atoms with E-state index >= 15 is 0 Å². The molecule has 0 fully saturated rings. The molecule has 0 rings (SSSR count). The molecule has 0 atom stereocenters. The molecule has 0 spiro atoms. The van der Waals surface area contributed by atoms with E-state index in [2.05, 4.69) is 4.74 Å². The van der Waals surface area contributed by atoms with Gasteiger partial charge in [-0.25, -0.2) is 0 Å². The van der Waals surface area contributed by atoms with Crippen LogP contribution in [0.3, 0.4) is 0 Å². The first-order valence-corrected chi connectivity index (χ1v) is 4.08. The molecule has 0 aliphatic rings. The topological polar surface area (TPSA) is 26.3 Å². The first-order chi connectivity index (χ1) is 3.27. The minimum atomic E-state index is 0.231. The van der Waals surface area contributed by atoms with Crippen molar-refractivity contribution in [3.63, 3.8) is 0 Å². The predicted octanol–water partition coefficient (Wildman–Crippen LogP) is -0.00520. The maximum Gasteiger partial charge on any atom is 0.296 e. The molecule has 0 aromatic rings. The minimum Gasteiger partial charge on any atom is -0.421 e. The van der Waals surface area contributed by atoms with Gasteiger partial charge >= 0.3 is 0 Å². The van der Waals surface area contributed by atoms with E-state index in [0.29, 0.717) is 12.4 Å². The highest BCUT2D eigenvalue weighted by Crippen LogP contribution is 1.80. The summed E-state index contributed by atoms with van der Waals surface area (Å²) in [5, 5.41) is 0. The molecule has 0 saturated carbocycles. The van der Waals surface area contributed by atoms with E-state index in [1.165, 1.54) is 0 Å². The molecule has 0 unspecified atom stereocenters. The van der Waals surface area contributed by atoms with E-state index in [-0.39, 0.29) is 10.9 Å². The molecular formula is C4H9O2S+. The van der Waals surface area contributed by atoms with Crippen molar-refractivity contribution in [1.29, 1.82) is 0 Å². The molecule has 0 N–H and O–H groups in total. The number of carbonyl (C=O) groups excluding carboxylic acids is 1. The lowest BCUT2D eigenvalue weighted by atomic mass is 11.5. The summed E-state index contributed by atoms with van der Waals surface area (Å²) in [5.41, 5.74) is 0. The zero-order valence-corrected chi connectivity index (χ0v) is 5.33. The van der Waals surface area contributed by atoms with E-state index in [4.69, 9.17) is 0 Å². The van der Waals surface area contributed by atoms with Crippen LogP contribution >= 0.6 is 0 Å². The van der Waals surface area contributed by atoms with E-state index < -0.39 is 0 Å². The average Bonchev–Trinajstić information content (AvgIpc) is 1.61. The Hall–Kier alpha value is -0.180. The van der Waals surface area contributed by atoms with Gasteiger partial charge in [-0.2, -0.15) is 0 Å². The molecule has 0 amide bonds. The Morgan fingerprint density at radius 2 is 2.29 bits per heavy atom. The van der Waals surface area contributed by atoms with Crippen LogP contribution in [0.2, 0.25) is 0 Å². The Labute approximate surface area is 46.2 Å². The van der Waals surface area contributed by atoms with Gasteiger partial charge in [-0.3, -0.25) is 4.79 Å². The number of hydrogen-bond acceptors (Lipinski definition) is 2. The Morgan fingerprint density at radius 1 is 1.71 bits per heavy atom. The van der Waals surface area contributed by atoms with Crippen LogP contribution in [0.4, 0.5) is 0 Å². The minimum absolute atomic E-state index is 0.231. The third-order valence-corrected chi connectivity index (χ3v) is 0.979. The van der Waals surface area contributed by atoms with E-state index in [9.17, 15) is 4.79 Å². The molecule has 0 saturated heterocycles. The lowest BCUT2D eigenvalue weighted by Gasteiger charge is -1.90. The number of carbonyl (C=O) groups is 1. The highest BCUT2D eigenvalue weighted by molar-refractivity contribution is 7.95. The maximum absolute atomic E-state index is 9.49. The molecule has 7 heavy (non-hydrogen) atoms. The van der Waals surface area contributed by atoms with Crippen LogP contribution in [0.15, 0.2) is 0 Å². The lowest BCUT2D eigenvalue weighted by molar-refractivity contribution is -0.126. The lowest BCUT2D eigenvalue weighted by Crippen LogP contribution is -2.03. The molecule has 3 heteroatoms. The van der Waals surface area contributed by atoms with Crippen molar-refractivity contribution in [2.24, 2.45) is 0 Å². The average molecular weight is 121 g/mol. The van der Waals surface area contributed by atoms with Crippen molar-refractivity contribution in [2.75, 3.05) is 18.5 Å². The van der Waals surface area contributed by atoms with Crippen molar-refractivity contribution in [3.05, 3.63) is 0 Å². The normalized spacial score (nSPS) is 9.00. The van der Waals surface area contributed by atoms with Gasteiger partial charge in [0.05, 0.1) is 0 Å². The molecule has 0 aliphatic heterocycles. The van der Waals surface area contributed by atoms with Gasteiger partial charge < -0.3 is 4.74 Å². The Balaban J connectivity index is 2.81. The molecule has 0 bridgehead atoms. The van der Waals surface area contributed by atoms with Gasteiger partial charge in [0.25, 0.3) is 6.47 Å².